The van der Waals surface area contributed by atoms with Crippen molar-refractivity contribution < 1.29 is 32.3 Å². The molecule has 1 aromatic heterocycles. The lowest BCUT2D eigenvalue weighted by Gasteiger charge is -2.43. The van der Waals surface area contributed by atoms with Crippen molar-refractivity contribution in [1.82, 2.24) is 24.5 Å². The number of carbonyl (C=O) groups is 3. The third kappa shape index (κ3) is 7.71. The van der Waals surface area contributed by atoms with E-state index in [4.69, 9.17) is 10.5 Å². The van der Waals surface area contributed by atoms with Crippen LogP contribution in [0.2, 0.25) is 0 Å². The number of halogens is 4. The third-order valence-electron chi connectivity index (χ3n) is 10.00. The van der Waals surface area contributed by atoms with Gasteiger partial charge in [0.2, 0.25) is 0 Å². The van der Waals surface area contributed by atoms with E-state index in [1.54, 1.807) is 9.80 Å². The molecule has 3 saturated heterocycles. The van der Waals surface area contributed by atoms with Crippen molar-refractivity contribution in [3.05, 3.63) is 44.7 Å². The fraction of sp³-hybridized carbons (Fsp3) is 0.594. The van der Waals surface area contributed by atoms with Crippen LogP contribution in [0, 0.1) is 0 Å². The molecule has 1 aromatic carbocycles. The number of amides is 4. The number of carbonyl (C=O) groups excluding carboxylic acids is 3. The first-order chi connectivity index (χ1) is 22.9. The number of alkyl halides is 3. The van der Waals surface area contributed by atoms with Crippen molar-refractivity contribution in [2.45, 2.75) is 63.0 Å². The molecule has 3 N–H and O–H groups in total. The summed E-state index contributed by atoms with van der Waals surface area (Å²) in [6.07, 6.45) is -3.80. The van der Waals surface area contributed by atoms with Gasteiger partial charge in [-0.05, 0) is 90.9 Å². The smallest absolute Gasteiger partial charge is 0.418 e. The third-order valence-corrected chi connectivity index (χ3v) is 11.5. The van der Waals surface area contributed by atoms with Gasteiger partial charge in [-0.25, -0.2) is 9.59 Å². The summed E-state index contributed by atoms with van der Waals surface area (Å²) >= 11 is 4.61. The number of piperidine rings is 2. The Bertz CT molecular complexity index is 1500. The predicted octanol–water partition coefficient (Wildman–Crippen LogP) is 4.91. The summed E-state index contributed by atoms with van der Waals surface area (Å²) in [4.78, 5) is 49.9. The second-order valence-corrected chi connectivity index (χ2v) is 14.8. The van der Waals surface area contributed by atoms with Crippen molar-refractivity contribution in [2.75, 3.05) is 70.5 Å². The van der Waals surface area contributed by atoms with Crippen LogP contribution in [0.4, 0.5) is 33.4 Å². The number of fused-ring (bicyclic) bond motifs is 1. The number of piperazine rings is 1. The molecule has 48 heavy (non-hydrogen) atoms. The van der Waals surface area contributed by atoms with Crippen molar-refractivity contribution in [2.24, 2.45) is 0 Å². The van der Waals surface area contributed by atoms with Crippen molar-refractivity contribution >= 4 is 56.0 Å². The number of rotatable bonds is 6. The molecular weight excluding hydrogens is 715 g/mol. The Hall–Kier alpha value is -3.08. The van der Waals surface area contributed by atoms with Crippen molar-refractivity contribution in [3.63, 3.8) is 0 Å². The lowest BCUT2D eigenvalue weighted by molar-refractivity contribution is -0.143. The highest BCUT2D eigenvalue weighted by Crippen LogP contribution is 2.38. The SMILES string of the molecule is CN1CCC(N2CCN(C(=O)[C@@H](Cc3cc(Br)c(N)c(C(F)(F)F)c3)OC(=O)N3CCC(N4Cc5ccsc5NC4=O)CC3)CC2)CC1. The van der Waals surface area contributed by atoms with E-state index >= 15 is 0 Å². The van der Waals surface area contributed by atoms with Gasteiger partial charge < -0.3 is 30.1 Å². The number of thiophene rings is 1. The van der Waals surface area contributed by atoms with Crippen LogP contribution in [0.5, 0.6) is 0 Å². The highest BCUT2D eigenvalue weighted by molar-refractivity contribution is 9.10. The molecule has 0 radical (unpaired) electrons. The molecule has 3 fully saturated rings. The molecular formula is C32H41BrF3N7O4S. The Balaban J connectivity index is 1.13. The largest absolute Gasteiger partial charge is 0.436 e. The second kappa shape index (κ2) is 14.4. The van der Waals surface area contributed by atoms with E-state index in [0.29, 0.717) is 64.7 Å². The van der Waals surface area contributed by atoms with E-state index in [1.807, 2.05) is 11.4 Å². The zero-order valence-corrected chi connectivity index (χ0v) is 29.2. The van der Waals surface area contributed by atoms with Crippen LogP contribution in [0.3, 0.4) is 0 Å². The molecule has 6 rings (SSSR count). The Labute approximate surface area is 290 Å². The number of nitrogens with zero attached hydrogens (tertiary/aromatic N) is 5. The van der Waals surface area contributed by atoms with Crippen LogP contribution >= 0.6 is 27.3 Å². The second-order valence-electron chi connectivity index (χ2n) is 13.1. The molecule has 16 heteroatoms. The predicted molar refractivity (Wildman–Crippen MR) is 180 cm³/mol. The first-order valence-corrected chi connectivity index (χ1v) is 18.0. The van der Waals surface area contributed by atoms with Gasteiger partial charge in [-0.3, -0.25) is 15.0 Å². The maximum absolute atomic E-state index is 13.9. The van der Waals surface area contributed by atoms with E-state index in [9.17, 15) is 27.6 Å². The van der Waals surface area contributed by atoms with Crippen LogP contribution in [0.15, 0.2) is 28.1 Å². The topological polar surface area (TPSA) is 115 Å². The molecule has 0 unspecified atom stereocenters. The van der Waals surface area contributed by atoms with Crippen molar-refractivity contribution in [3.8, 4) is 0 Å². The molecule has 0 aliphatic carbocycles. The van der Waals surface area contributed by atoms with E-state index in [-0.39, 0.29) is 28.5 Å². The van der Waals surface area contributed by atoms with Gasteiger partial charge in [0.1, 0.15) is 5.00 Å². The maximum atomic E-state index is 13.9. The molecule has 0 saturated carbocycles. The van der Waals surface area contributed by atoms with E-state index in [1.165, 1.54) is 22.3 Å². The van der Waals surface area contributed by atoms with Gasteiger partial charge >= 0.3 is 18.3 Å². The van der Waals surface area contributed by atoms with Gasteiger partial charge in [-0.15, -0.1) is 11.3 Å². The molecule has 262 valence electrons. The first kappa shape index (κ1) is 34.8. The number of ether oxygens (including phenoxy) is 1. The van der Waals surface area contributed by atoms with Gasteiger partial charge in [0.25, 0.3) is 5.91 Å². The number of nitrogens with one attached hydrogen (secondary N) is 1. The molecule has 5 heterocycles. The van der Waals surface area contributed by atoms with Gasteiger partial charge in [-0.2, -0.15) is 13.2 Å². The molecule has 4 aliphatic heterocycles. The van der Waals surface area contributed by atoms with Crippen LogP contribution < -0.4 is 11.1 Å². The van der Waals surface area contributed by atoms with Gasteiger partial charge in [0.05, 0.1) is 17.8 Å². The average molecular weight is 757 g/mol. The number of benzene rings is 1. The summed E-state index contributed by atoms with van der Waals surface area (Å²) in [5.74, 6) is -0.431. The summed E-state index contributed by atoms with van der Waals surface area (Å²) < 4.78 is 47.3. The quantitative estimate of drug-likeness (QED) is 0.403. The molecule has 0 bridgehead atoms. The van der Waals surface area contributed by atoms with Crippen LogP contribution in [0.25, 0.3) is 0 Å². The van der Waals surface area contributed by atoms with Crippen LogP contribution in [-0.2, 0) is 28.7 Å². The highest BCUT2D eigenvalue weighted by Gasteiger charge is 2.38. The summed E-state index contributed by atoms with van der Waals surface area (Å²) in [5.41, 5.74) is 5.48. The van der Waals surface area contributed by atoms with Gasteiger partial charge in [0.15, 0.2) is 6.10 Å². The van der Waals surface area contributed by atoms with E-state index in [0.717, 1.165) is 42.6 Å². The molecule has 4 amide bonds. The minimum Gasteiger partial charge on any atom is -0.436 e. The zero-order chi connectivity index (χ0) is 34.2. The number of hydrogen-bond acceptors (Lipinski definition) is 8. The maximum Gasteiger partial charge on any atom is 0.418 e. The van der Waals surface area contributed by atoms with Gasteiger partial charge in [-0.1, -0.05) is 0 Å². The summed E-state index contributed by atoms with van der Waals surface area (Å²) in [7, 11) is 2.11. The lowest BCUT2D eigenvalue weighted by Crippen LogP contribution is -2.56. The van der Waals surface area contributed by atoms with E-state index < -0.39 is 35.5 Å². The standard InChI is InChI=1S/C32H41BrF3N7O4S/c1-39-7-2-22(3-8-39)40-11-13-41(14-12-40)29(44)26(18-20-16-24(32(34,35)36)27(37)25(33)17-20)47-31(46)42-9-4-23(5-10-42)43-19-21-6-15-48-28(21)38-30(43)45/h6,15-17,22-23,26H,2-5,7-14,18-19,37H2,1H3,(H,38,45)/t26-/m1/s1. The minimum absolute atomic E-state index is 0.0509. The molecule has 1 atom stereocenters. The molecule has 4 aliphatic rings. The Morgan fingerprint density at radius 3 is 2.35 bits per heavy atom. The molecule has 11 nitrogen and oxygen atoms in total. The fourth-order valence-corrected chi connectivity index (χ4v) is 8.44. The number of hydrogen-bond donors (Lipinski definition) is 2. The number of urea groups is 1. The Morgan fingerprint density at radius 2 is 1.69 bits per heavy atom. The Morgan fingerprint density at radius 1 is 1.02 bits per heavy atom. The Kier molecular flexibility index (Phi) is 10.4. The van der Waals surface area contributed by atoms with Gasteiger partial charge in [0, 0.05) is 67.8 Å². The number of likely N-dealkylation sites (tertiary alicyclic amines) is 2. The number of nitrogen functional groups attached to an aromatic ring is 1. The normalized spacial score (nSPS) is 21.2. The zero-order valence-electron chi connectivity index (χ0n) is 26.8. The number of anilines is 2. The average Bonchev–Trinajstić information content (AvgIpc) is 3.52. The highest BCUT2D eigenvalue weighted by atomic mass is 79.9. The van der Waals surface area contributed by atoms with E-state index in [2.05, 4.69) is 38.1 Å². The number of nitrogens with two attached hydrogens (primary N) is 1. The summed E-state index contributed by atoms with van der Waals surface area (Å²) in [6, 6.07) is 4.55. The van der Waals surface area contributed by atoms with Crippen LogP contribution in [-0.4, -0.2) is 120 Å². The first-order valence-electron chi connectivity index (χ1n) is 16.3. The summed E-state index contributed by atoms with van der Waals surface area (Å²) in [5, 5.41) is 5.72. The minimum atomic E-state index is -4.70. The van der Waals surface area contributed by atoms with Crippen molar-refractivity contribution in [1.29, 1.82) is 0 Å². The summed E-state index contributed by atoms with van der Waals surface area (Å²) in [6.45, 7) is 5.40. The lowest BCUT2D eigenvalue weighted by atomic mass is 10.0. The fourth-order valence-electron chi connectivity index (χ4n) is 7.14. The molecule has 2 aromatic rings. The monoisotopic (exact) mass is 755 g/mol. The molecule has 0 spiro atoms. The van der Waals surface area contributed by atoms with Crippen LogP contribution in [0.1, 0.15) is 42.4 Å².